The van der Waals surface area contributed by atoms with Crippen LogP contribution in [0.2, 0.25) is 0 Å². The van der Waals surface area contributed by atoms with Crippen LogP contribution < -0.4 is 20.7 Å². The number of carbonyl (C=O) groups is 1. The van der Waals surface area contributed by atoms with Gasteiger partial charge in [0.1, 0.15) is 5.75 Å². The van der Waals surface area contributed by atoms with Gasteiger partial charge in [-0.1, -0.05) is 32.0 Å². The molecule has 0 radical (unpaired) electrons. The van der Waals surface area contributed by atoms with E-state index >= 15 is 0 Å². The first kappa shape index (κ1) is 21.1. The van der Waals surface area contributed by atoms with Crippen molar-refractivity contribution in [1.29, 1.82) is 0 Å². The number of para-hydroxylation sites is 1. The van der Waals surface area contributed by atoms with Crippen LogP contribution in [0.15, 0.2) is 42.6 Å². The van der Waals surface area contributed by atoms with Crippen LogP contribution in [0.25, 0.3) is 10.9 Å². The van der Waals surface area contributed by atoms with Crippen LogP contribution in [0.5, 0.6) is 5.75 Å². The van der Waals surface area contributed by atoms with Gasteiger partial charge >= 0.3 is 0 Å². The molecule has 7 heteroatoms. The molecule has 1 fully saturated rings. The Hall–Kier alpha value is -3.19. The van der Waals surface area contributed by atoms with Gasteiger partial charge in [0.25, 0.3) is 5.91 Å². The Kier molecular flexibility index (Phi) is 6.32. The number of nitrogens with one attached hydrogen (secondary N) is 3. The fourth-order valence-corrected chi connectivity index (χ4v) is 3.90. The van der Waals surface area contributed by atoms with Crippen LogP contribution in [0.3, 0.4) is 0 Å². The molecule has 1 aliphatic heterocycles. The van der Waals surface area contributed by atoms with Gasteiger partial charge < -0.3 is 20.7 Å². The van der Waals surface area contributed by atoms with Crippen molar-refractivity contribution in [2.24, 2.45) is 0 Å². The number of piperidine rings is 1. The molecule has 0 bridgehead atoms. The lowest BCUT2D eigenvalue weighted by atomic mass is 10.0. The van der Waals surface area contributed by atoms with Crippen molar-refractivity contribution >= 4 is 28.4 Å². The molecule has 2 heterocycles. The highest BCUT2D eigenvalue weighted by molar-refractivity contribution is 5.95. The Balaban J connectivity index is 1.56. The highest BCUT2D eigenvalue weighted by Gasteiger charge is 2.18. The van der Waals surface area contributed by atoms with Gasteiger partial charge in [0.15, 0.2) is 0 Å². The predicted molar refractivity (Wildman–Crippen MR) is 123 cm³/mol. The number of anilines is 2. The number of hydrogen-bond donors (Lipinski definition) is 3. The van der Waals surface area contributed by atoms with Crippen molar-refractivity contribution in [3.05, 3.63) is 53.7 Å². The number of amides is 1. The van der Waals surface area contributed by atoms with Gasteiger partial charge in [0, 0.05) is 23.2 Å². The zero-order valence-corrected chi connectivity index (χ0v) is 18.2. The van der Waals surface area contributed by atoms with Gasteiger partial charge in [0.2, 0.25) is 5.95 Å². The number of ether oxygens (including phenoxy) is 1. The number of rotatable bonds is 6. The van der Waals surface area contributed by atoms with Gasteiger partial charge in [-0.2, -0.15) is 0 Å². The minimum Gasteiger partial charge on any atom is -0.495 e. The lowest BCUT2D eigenvalue weighted by molar-refractivity contribution is 0.0929. The second kappa shape index (κ2) is 9.31. The summed E-state index contributed by atoms with van der Waals surface area (Å²) in [6.45, 7) is 6.17. The van der Waals surface area contributed by atoms with Crippen LogP contribution in [0.4, 0.5) is 11.6 Å². The van der Waals surface area contributed by atoms with Gasteiger partial charge in [0.05, 0.1) is 18.3 Å². The first-order valence-electron chi connectivity index (χ1n) is 10.8. The summed E-state index contributed by atoms with van der Waals surface area (Å²) in [7, 11) is 1.59. The van der Waals surface area contributed by atoms with E-state index in [1.165, 1.54) is 5.56 Å². The standard InChI is InChI=1S/C24H29N5O2/c1-15(2)19-6-4-5-17-14-26-24(29-22(17)19)28-20-8-7-16(13-21(20)31-3)23(30)27-18-9-11-25-12-10-18/h4-8,13-15,18,25H,9-12H2,1-3H3,(H,27,30)(H,26,28,29). The molecule has 31 heavy (non-hydrogen) atoms. The second-order valence-corrected chi connectivity index (χ2v) is 8.17. The summed E-state index contributed by atoms with van der Waals surface area (Å²) in [4.78, 5) is 21.9. The summed E-state index contributed by atoms with van der Waals surface area (Å²) < 4.78 is 5.54. The maximum atomic E-state index is 12.7. The Morgan fingerprint density at radius 1 is 1.19 bits per heavy atom. The third-order valence-electron chi connectivity index (χ3n) is 5.65. The van der Waals surface area contributed by atoms with Crippen molar-refractivity contribution in [1.82, 2.24) is 20.6 Å². The molecule has 0 saturated carbocycles. The first-order valence-corrected chi connectivity index (χ1v) is 10.8. The Bertz CT molecular complexity index is 1080. The van der Waals surface area contributed by atoms with E-state index in [2.05, 4.69) is 40.8 Å². The van der Waals surface area contributed by atoms with Crippen molar-refractivity contribution in [3.63, 3.8) is 0 Å². The molecule has 0 spiro atoms. The lowest BCUT2D eigenvalue weighted by Crippen LogP contribution is -2.42. The summed E-state index contributed by atoms with van der Waals surface area (Å²) in [5.41, 5.74) is 3.40. The minimum atomic E-state index is -0.0831. The fourth-order valence-electron chi connectivity index (χ4n) is 3.90. The molecule has 0 atom stereocenters. The molecule has 162 valence electrons. The zero-order valence-electron chi connectivity index (χ0n) is 18.2. The number of carbonyl (C=O) groups excluding carboxylic acids is 1. The smallest absolute Gasteiger partial charge is 0.251 e. The SMILES string of the molecule is COc1cc(C(=O)NC2CCNCC2)ccc1Nc1ncc2cccc(C(C)C)c2n1. The van der Waals surface area contributed by atoms with Crippen molar-refractivity contribution in [2.45, 2.75) is 38.6 Å². The van der Waals surface area contributed by atoms with E-state index in [-0.39, 0.29) is 11.9 Å². The highest BCUT2D eigenvalue weighted by atomic mass is 16.5. The summed E-state index contributed by atoms with van der Waals surface area (Å²) in [5.74, 6) is 1.34. The first-order chi connectivity index (χ1) is 15.0. The van der Waals surface area contributed by atoms with E-state index in [4.69, 9.17) is 9.72 Å². The van der Waals surface area contributed by atoms with Crippen molar-refractivity contribution in [3.8, 4) is 5.75 Å². The second-order valence-electron chi connectivity index (χ2n) is 8.17. The van der Waals surface area contributed by atoms with E-state index < -0.39 is 0 Å². The summed E-state index contributed by atoms with van der Waals surface area (Å²) in [6.07, 6.45) is 3.71. The summed E-state index contributed by atoms with van der Waals surface area (Å²) in [5, 5.41) is 10.7. The van der Waals surface area contributed by atoms with Crippen LogP contribution in [0.1, 0.15) is 48.5 Å². The third kappa shape index (κ3) is 4.77. The monoisotopic (exact) mass is 419 g/mol. The summed E-state index contributed by atoms with van der Waals surface area (Å²) in [6, 6.07) is 11.7. The summed E-state index contributed by atoms with van der Waals surface area (Å²) >= 11 is 0. The van der Waals surface area contributed by atoms with E-state index in [9.17, 15) is 4.79 Å². The molecule has 3 aromatic rings. The molecule has 2 aromatic carbocycles. The lowest BCUT2D eigenvalue weighted by Gasteiger charge is -2.23. The number of aromatic nitrogens is 2. The van der Waals surface area contributed by atoms with E-state index in [0.717, 1.165) is 36.8 Å². The van der Waals surface area contributed by atoms with Crippen LogP contribution in [-0.4, -0.2) is 42.1 Å². The topological polar surface area (TPSA) is 88.2 Å². The van der Waals surface area contributed by atoms with Crippen LogP contribution >= 0.6 is 0 Å². The van der Waals surface area contributed by atoms with Gasteiger partial charge in [-0.05, 0) is 55.6 Å². The quantitative estimate of drug-likeness (QED) is 0.560. The molecule has 0 aliphatic carbocycles. The van der Waals surface area contributed by atoms with Crippen molar-refractivity contribution < 1.29 is 9.53 Å². The van der Waals surface area contributed by atoms with Crippen molar-refractivity contribution in [2.75, 3.05) is 25.5 Å². The Morgan fingerprint density at radius 3 is 2.74 bits per heavy atom. The average Bonchev–Trinajstić information content (AvgIpc) is 2.79. The molecule has 1 aliphatic rings. The van der Waals surface area contributed by atoms with Crippen LogP contribution in [-0.2, 0) is 0 Å². The molecule has 0 unspecified atom stereocenters. The third-order valence-corrected chi connectivity index (χ3v) is 5.65. The number of benzene rings is 2. The normalized spacial score (nSPS) is 14.6. The Morgan fingerprint density at radius 2 is 2.00 bits per heavy atom. The van der Waals surface area contributed by atoms with E-state index in [0.29, 0.717) is 28.9 Å². The molecule has 4 rings (SSSR count). The predicted octanol–water partition coefficient (Wildman–Crippen LogP) is 3.99. The maximum absolute atomic E-state index is 12.7. The number of nitrogens with zero attached hydrogens (tertiary/aromatic N) is 2. The molecule has 1 saturated heterocycles. The van der Waals surface area contributed by atoms with E-state index in [1.807, 2.05) is 24.4 Å². The maximum Gasteiger partial charge on any atom is 0.251 e. The van der Waals surface area contributed by atoms with Gasteiger partial charge in [-0.15, -0.1) is 0 Å². The number of methoxy groups -OCH3 is 1. The molecule has 1 aromatic heterocycles. The van der Waals surface area contributed by atoms with E-state index in [1.54, 1.807) is 19.2 Å². The fraction of sp³-hybridized carbons (Fsp3) is 0.375. The van der Waals surface area contributed by atoms with Gasteiger partial charge in [-0.25, -0.2) is 9.97 Å². The van der Waals surface area contributed by atoms with Crippen LogP contribution in [0, 0.1) is 0 Å². The van der Waals surface area contributed by atoms with Gasteiger partial charge in [-0.3, -0.25) is 4.79 Å². The minimum absolute atomic E-state index is 0.0831. The number of fused-ring (bicyclic) bond motifs is 1. The molecule has 3 N–H and O–H groups in total. The zero-order chi connectivity index (χ0) is 21.8. The molecular formula is C24H29N5O2. The highest BCUT2D eigenvalue weighted by Crippen LogP contribution is 2.29. The molecule has 7 nitrogen and oxygen atoms in total. The average molecular weight is 420 g/mol. The molecular weight excluding hydrogens is 390 g/mol. The molecule has 1 amide bonds. The Labute approximate surface area is 182 Å². The largest absolute Gasteiger partial charge is 0.495 e. The number of hydrogen-bond acceptors (Lipinski definition) is 6.